The summed E-state index contributed by atoms with van der Waals surface area (Å²) in [6.07, 6.45) is 1.66. The number of para-hydroxylation sites is 2. The topological polar surface area (TPSA) is 76.2 Å². The molecule has 4 aromatic heterocycles. The Bertz CT molecular complexity index is 1550. The molecule has 5 aromatic rings. The predicted octanol–water partition coefficient (Wildman–Crippen LogP) is 5.70. The number of thioether (sulfide) groups is 1. The van der Waals surface area contributed by atoms with Crippen LogP contribution in [0, 0.1) is 32.1 Å². The van der Waals surface area contributed by atoms with Crippen molar-refractivity contribution in [3.05, 3.63) is 88.6 Å². The van der Waals surface area contributed by atoms with E-state index in [1.54, 1.807) is 6.26 Å². The summed E-state index contributed by atoms with van der Waals surface area (Å²) < 4.78 is 9.57. The lowest BCUT2D eigenvalue weighted by atomic mass is 10.2. The first-order chi connectivity index (χ1) is 16.0. The maximum atomic E-state index is 13.2. The van der Waals surface area contributed by atoms with Gasteiger partial charge in [-0.05, 0) is 62.7 Å². The van der Waals surface area contributed by atoms with Gasteiger partial charge in [-0.3, -0.25) is 9.20 Å². The van der Waals surface area contributed by atoms with Crippen molar-refractivity contribution in [1.82, 2.24) is 14.0 Å². The van der Waals surface area contributed by atoms with Crippen molar-refractivity contribution in [3.8, 4) is 6.07 Å². The molecule has 33 heavy (non-hydrogen) atoms. The third-order valence-electron chi connectivity index (χ3n) is 5.97. The number of aryl methyl sites for hydroxylation is 2. The zero-order valence-corrected chi connectivity index (χ0v) is 19.4. The molecule has 4 heterocycles. The van der Waals surface area contributed by atoms with E-state index in [2.05, 4.69) is 15.6 Å². The van der Waals surface area contributed by atoms with Crippen LogP contribution in [0.2, 0.25) is 0 Å². The molecule has 0 amide bonds. The van der Waals surface area contributed by atoms with Gasteiger partial charge in [0, 0.05) is 17.0 Å². The average Bonchev–Trinajstić information content (AvgIpc) is 3.52. The third-order valence-corrected chi connectivity index (χ3v) is 6.97. The maximum absolute atomic E-state index is 13.2. The molecule has 0 radical (unpaired) electrons. The number of imidazole rings is 1. The number of hydrogen-bond donors (Lipinski definition) is 0. The number of pyridine rings is 1. The Morgan fingerprint density at radius 1 is 1.15 bits per heavy atom. The summed E-state index contributed by atoms with van der Waals surface area (Å²) in [5.74, 6) is 1.21. The molecule has 0 spiro atoms. The van der Waals surface area contributed by atoms with Gasteiger partial charge in [0.15, 0.2) is 11.4 Å². The van der Waals surface area contributed by atoms with Gasteiger partial charge in [0.2, 0.25) is 0 Å². The number of nitrogens with zero attached hydrogens (tertiary/aromatic N) is 4. The van der Waals surface area contributed by atoms with Gasteiger partial charge in [-0.15, -0.1) is 0 Å². The van der Waals surface area contributed by atoms with Crippen LogP contribution in [0.3, 0.4) is 0 Å². The number of rotatable bonds is 6. The highest BCUT2D eigenvalue weighted by molar-refractivity contribution is 8.00. The summed E-state index contributed by atoms with van der Waals surface area (Å²) in [6, 6.07) is 17.8. The Morgan fingerprint density at radius 2 is 1.97 bits per heavy atom. The number of carbonyl (C=O) groups excluding carboxylic acids is 1. The number of hydrogen-bond acceptors (Lipinski definition) is 5. The molecule has 0 saturated carbocycles. The van der Waals surface area contributed by atoms with Crippen molar-refractivity contribution in [1.29, 1.82) is 5.26 Å². The molecule has 7 heteroatoms. The summed E-state index contributed by atoms with van der Waals surface area (Å²) in [7, 11) is 0. The van der Waals surface area contributed by atoms with E-state index >= 15 is 0 Å². The van der Waals surface area contributed by atoms with Crippen molar-refractivity contribution < 1.29 is 9.21 Å². The quantitative estimate of drug-likeness (QED) is 0.243. The molecule has 0 fully saturated rings. The van der Waals surface area contributed by atoms with Gasteiger partial charge >= 0.3 is 0 Å². The fourth-order valence-electron chi connectivity index (χ4n) is 4.26. The Kier molecular flexibility index (Phi) is 5.31. The maximum Gasteiger partial charge on any atom is 0.174 e. The third kappa shape index (κ3) is 3.62. The molecule has 0 atom stereocenters. The van der Waals surface area contributed by atoms with E-state index in [-0.39, 0.29) is 11.5 Å². The first kappa shape index (κ1) is 21.1. The van der Waals surface area contributed by atoms with Crippen LogP contribution in [0.4, 0.5) is 0 Å². The number of Topliss-reactive ketones (excluding diaryl/α,β-unsaturated/α-hetero) is 1. The second-order valence-corrected chi connectivity index (χ2v) is 9.07. The number of benzene rings is 1. The molecular formula is C26H22N4O2S. The van der Waals surface area contributed by atoms with Crippen LogP contribution in [0.15, 0.2) is 64.2 Å². The highest BCUT2D eigenvalue weighted by Gasteiger charge is 2.19. The predicted molar refractivity (Wildman–Crippen MR) is 129 cm³/mol. The van der Waals surface area contributed by atoms with Crippen LogP contribution in [0.5, 0.6) is 0 Å². The van der Waals surface area contributed by atoms with Crippen LogP contribution in [0.25, 0.3) is 16.7 Å². The number of furan rings is 1. The highest BCUT2D eigenvalue weighted by Crippen LogP contribution is 2.30. The molecule has 0 aliphatic carbocycles. The van der Waals surface area contributed by atoms with Crippen molar-refractivity contribution in [2.75, 3.05) is 5.75 Å². The van der Waals surface area contributed by atoms with Gasteiger partial charge in [-0.25, -0.2) is 4.98 Å². The first-order valence-electron chi connectivity index (χ1n) is 10.6. The lowest BCUT2D eigenvalue weighted by Gasteiger charge is -2.10. The summed E-state index contributed by atoms with van der Waals surface area (Å²) >= 11 is 1.47. The van der Waals surface area contributed by atoms with Crippen LogP contribution in [-0.2, 0) is 6.54 Å². The van der Waals surface area contributed by atoms with Crippen LogP contribution < -0.4 is 0 Å². The zero-order chi connectivity index (χ0) is 23.1. The Labute approximate surface area is 195 Å². The monoisotopic (exact) mass is 454 g/mol. The molecular weight excluding hydrogens is 432 g/mol. The molecule has 0 bridgehead atoms. The van der Waals surface area contributed by atoms with Crippen LogP contribution in [-0.4, -0.2) is 25.5 Å². The standard InChI is InChI=1S/C26H22N4O2S/c1-16-11-25(30-23-9-5-4-8-22(23)28-26(30)21(16)13-27)33-15-24(31)20-12-17(2)29(18(20)3)14-19-7-6-10-32-19/h4-12H,14-15H2,1-3H3. The number of fused-ring (bicyclic) bond motifs is 3. The lowest BCUT2D eigenvalue weighted by Crippen LogP contribution is -2.08. The molecule has 5 rings (SSSR count). The summed E-state index contributed by atoms with van der Waals surface area (Å²) in [5, 5.41) is 10.6. The zero-order valence-electron chi connectivity index (χ0n) is 18.6. The van der Waals surface area contributed by atoms with E-state index in [1.807, 2.05) is 73.7 Å². The van der Waals surface area contributed by atoms with Crippen LogP contribution in [0.1, 0.15) is 38.6 Å². The van der Waals surface area contributed by atoms with E-state index < -0.39 is 0 Å². The van der Waals surface area contributed by atoms with E-state index in [9.17, 15) is 10.1 Å². The minimum Gasteiger partial charge on any atom is -0.467 e. The summed E-state index contributed by atoms with van der Waals surface area (Å²) in [6.45, 7) is 6.49. The number of aromatic nitrogens is 3. The van der Waals surface area contributed by atoms with Gasteiger partial charge in [0.05, 0.1) is 40.2 Å². The fourth-order valence-corrected chi connectivity index (χ4v) is 5.27. The largest absolute Gasteiger partial charge is 0.467 e. The Morgan fingerprint density at radius 3 is 2.73 bits per heavy atom. The Balaban J connectivity index is 1.47. The van der Waals surface area contributed by atoms with Gasteiger partial charge in [-0.1, -0.05) is 23.9 Å². The molecule has 0 aliphatic rings. The van der Waals surface area contributed by atoms with Gasteiger partial charge in [0.1, 0.15) is 11.8 Å². The van der Waals surface area contributed by atoms with Crippen molar-refractivity contribution in [2.45, 2.75) is 32.3 Å². The Hall–Kier alpha value is -3.76. The van der Waals surface area contributed by atoms with E-state index in [4.69, 9.17) is 4.42 Å². The summed E-state index contributed by atoms with van der Waals surface area (Å²) in [4.78, 5) is 17.9. The molecule has 0 saturated heterocycles. The highest BCUT2D eigenvalue weighted by atomic mass is 32.2. The first-order valence-corrected chi connectivity index (χ1v) is 11.6. The number of nitriles is 1. The van der Waals surface area contributed by atoms with Gasteiger partial charge < -0.3 is 8.98 Å². The van der Waals surface area contributed by atoms with Crippen molar-refractivity contribution in [2.24, 2.45) is 0 Å². The smallest absolute Gasteiger partial charge is 0.174 e. The number of carbonyl (C=O) groups is 1. The second kappa shape index (κ2) is 8.30. The van der Waals surface area contributed by atoms with Gasteiger partial charge in [0.25, 0.3) is 0 Å². The SMILES string of the molecule is Cc1cc(SCC(=O)c2cc(C)n(Cc3ccco3)c2C)n2c(nc3ccccc32)c1C#N. The summed E-state index contributed by atoms with van der Waals surface area (Å²) in [5.41, 5.74) is 6.48. The molecule has 0 unspecified atom stereocenters. The van der Waals surface area contributed by atoms with E-state index in [0.29, 0.717) is 17.8 Å². The fraction of sp³-hybridized carbons (Fsp3) is 0.192. The average molecular weight is 455 g/mol. The molecule has 6 nitrogen and oxygen atoms in total. The van der Waals surface area contributed by atoms with Crippen LogP contribution >= 0.6 is 11.8 Å². The normalized spacial score (nSPS) is 11.3. The molecule has 1 aromatic carbocycles. The molecule has 0 N–H and O–H groups in total. The second-order valence-electron chi connectivity index (χ2n) is 8.07. The van der Waals surface area contributed by atoms with E-state index in [0.717, 1.165) is 44.3 Å². The van der Waals surface area contributed by atoms with Crippen molar-refractivity contribution in [3.63, 3.8) is 0 Å². The lowest BCUT2D eigenvalue weighted by molar-refractivity contribution is 0.102. The van der Waals surface area contributed by atoms with Crippen molar-refractivity contribution >= 4 is 34.2 Å². The van der Waals surface area contributed by atoms with E-state index in [1.165, 1.54) is 11.8 Å². The minimum atomic E-state index is 0.0679. The molecule has 0 aliphatic heterocycles. The minimum absolute atomic E-state index is 0.0679. The number of ketones is 1. The van der Waals surface area contributed by atoms with Gasteiger partial charge in [-0.2, -0.15) is 5.26 Å². The molecule has 164 valence electrons.